The van der Waals surface area contributed by atoms with Gasteiger partial charge in [-0.25, -0.2) is 0 Å². The van der Waals surface area contributed by atoms with E-state index in [2.05, 4.69) is 49.2 Å². The number of rotatable bonds is 8. The Morgan fingerprint density at radius 3 is 2.71 bits per heavy atom. The van der Waals surface area contributed by atoms with Gasteiger partial charge in [0.15, 0.2) is 0 Å². The molecular weight excluding hydrogens is 426 g/mol. The monoisotopic (exact) mass is 459 g/mol. The Morgan fingerprint density at radius 2 is 1.88 bits per heavy atom. The molecule has 2 aromatic carbocycles. The summed E-state index contributed by atoms with van der Waals surface area (Å²) >= 11 is 0. The first-order valence-corrected chi connectivity index (χ1v) is 12.4. The van der Waals surface area contributed by atoms with E-state index in [4.69, 9.17) is 4.74 Å². The fourth-order valence-electron chi connectivity index (χ4n) is 5.41. The van der Waals surface area contributed by atoms with Crippen LogP contribution in [0.3, 0.4) is 0 Å². The fraction of sp³-hybridized carbons (Fsp3) is 0.429. The maximum atomic E-state index is 13.7. The standard InChI is InChI=1S/C28H33N3O3/c1-3-4-14-34-15-8-13-30-18-25(32)31-24(28(30)33)17-22-21-11-5-6-12-23(21)29-26(22)27(31)20-10-7-9-19(2)16-20/h5-7,9-12,16,24,27,29H,3-4,8,13-15,17-18H2,1-2H3. The second-order valence-corrected chi connectivity index (χ2v) is 9.48. The molecule has 0 spiro atoms. The molecule has 5 rings (SSSR count). The van der Waals surface area contributed by atoms with Crippen LogP contribution in [0.2, 0.25) is 0 Å². The Kier molecular flexibility index (Phi) is 6.42. The van der Waals surface area contributed by atoms with Crippen molar-refractivity contribution in [2.75, 3.05) is 26.3 Å². The molecule has 6 heteroatoms. The third-order valence-corrected chi connectivity index (χ3v) is 7.06. The summed E-state index contributed by atoms with van der Waals surface area (Å²) in [6.07, 6.45) is 3.44. The number of aromatic nitrogens is 1. The van der Waals surface area contributed by atoms with E-state index in [0.29, 0.717) is 19.6 Å². The minimum atomic E-state index is -0.487. The molecule has 0 radical (unpaired) electrons. The number of piperazine rings is 1. The number of para-hydroxylation sites is 1. The summed E-state index contributed by atoms with van der Waals surface area (Å²) in [6.45, 7) is 6.25. The van der Waals surface area contributed by atoms with Crippen molar-refractivity contribution < 1.29 is 14.3 Å². The highest BCUT2D eigenvalue weighted by molar-refractivity contribution is 5.97. The number of hydrogen-bond donors (Lipinski definition) is 1. The van der Waals surface area contributed by atoms with Crippen molar-refractivity contribution in [2.24, 2.45) is 0 Å². The van der Waals surface area contributed by atoms with Gasteiger partial charge in [0.05, 0.1) is 12.6 Å². The van der Waals surface area contributed by atoms with Crippen LogP contribution in [-0.4, -0.2) is 58.9 Å². The molecule has 2 aliphatic heterocycles. The van der Waals surface area contributed by atoms with Gasteiger partial charge < -0.3 is 19.5 Å². The van der Waals surface area contributed by atoms with E-state index in [9.17, 15) is 9.59 Å². The summed E-state index contributed by atoms with van der Waals surface area (Å²) in [5.41, 5.74) is 5.40. The lowest BCUT2D eigenvalue weighted by Crippen LogP contribution is -2.63. The molecule has 0 aliphatic carbocycles. The molecule has 1 saturated heterocycles. The Balaban J connectivity index is 1.47. The molecule has 1 aromatic heterocycles. The average Bonchev–Trinajstić information content (AvgIpc) is 3.21. The van der Waals surface area contributed by atoms with Gasteiger partial charge in [-0.15, -0.1) is 0 Å². The summed E-state index contributed by atoms with van der Waals surface area (Å²) in [4.78, 5) is 34.4. The molecule has 2 unspecified atom stereocenters. The first-order chi connectivity index (χ1) is 16.6. The second kappa shape index (κ2) is 9.63. The molecule has 2 amide bonds. The molecule has 0 saturated carbocycles. The van der Waals surface area contributed by atoms with Gasteiger partial charge in [0.1, 0.15) is 6.04 Å². The van der Waals surface area contributed by atoms with E-state index < -0.39 is 6.04 Å². The van der Waals surface area contributed by atoms with Crippen LogP contribution in [0.1, 0.15) is 54.6 Å². The summed E-state index contributed by atoms with van der Waals surface area (Å²) in [5.74, 6) is 0.0501. The van der Waals surface area contributed by atoms with Crippen molar-refractivity contribution in [1.82, 2.24) is 14.8 Å². The number of aryl methyl sites for hydroxylation is 1. The van der Waals surface area contributed by atoms with Crippen LogP contribution in [0, 0.1) is 6.92 Å². The van der Waals surface area contributed by atoms with E-state index >= 15 is 0 Å². The van der Waals surface area contributed by atoms with E-state index in [1.54, 1.807) is 4.90 Å². The van der Waals surface area contributed by atoms with Gasteiger partial charge in [0, 0.05) is 42.8 Å². The Bertz CT molecular complexity index is 1200. The number of carbonyl (C=O) groups is 2. The predicted molar refractivity (Wildman–Crippen MR) is 133 cm³/mol. The summed E-state index contributed by atoms with van der Waals surface area (Å²) in [5, 5.41) is 1.14. The number of fused-ring (bicyclic) bond motifs is 4. The molecule has 1 fully saturated rings. The molecule has 34 heavy (non-hydrogen) atoms. The number of amides is 2. The molecule has 2 aliphatic rings. The Hall–Kier alpha value is -3.12. The molecule has 2 atom stereocenters. The molecule has 3 aromatic rings. The average molecular weight is 460 g/mol. The fourth-order valence-corrected chi connectivity index (χ4v) is 5.41. The van der Waals surface area contributed by atoms with E-state index in [0.717, 1.165) is 59.2 Å². The number of hydrogen-bond acceptors (Lipinski definition) is 3. The Morgan fingerprint density at radius 1 is 1.06 bits per heavy atom. The van der Waals surface area contributed by atoms with Crippen LogP contribution in [0.4, 0.5) is 0 Å². The van der Waals surface area contributed by atoms with Crippen LogP contribution in [-0.2, 0) is 20.7 Å². The maximum absolute atomic E-state index is 13.7. The molecule has 3 heterocycles. The van der Waals surface area contributed by atoms with Gasteiger partial charge in [-0.2, -0.15) is 0 Å². The third-order valence-electron chi connectivity index (χ3n) is 7.06. The zero-order valence-electron chi connectivity index (χ0n) is 20.0. The lowest BCUT2D eigenvalue weighted by molar-refractivity contribution is -0.158. The van der Waals surface area contributed by atoms with Crippen LogP contribution in [0.5, 0.6) is 0 Å². The normalized spacial score (nSPS) is 20.1. The first-order valence-electron chi connectivity index (χ1n) is 12.4. The van der Waals surface area contributed by atoms with Gasteiger partial charge in [0.2, 0.25) is 11.8 Å². The minimum absolute atomic E-state index is 0.00677. The number of nitrogens with zero attached hydrogens (tertiary/aromatic N) is 2. The van der Waals surface area contributed by atoms with Crippen LogP contribution >= 0.6 is 0 Å². The zero-order chi connectivity index (χ0) is 23.7. The first kappa shape index (κ1) is 22.7. The lowest BCUT2D eigenvalue weighted by atomic mass is 9.86. The largest absolute Gasteiger partial charge is 0.381 e. The molecule has 1 N–H and O–H groups in total. The molecule has 6 nitrogen and oxygen atoms in total. The highest BCUT2D eigenvalue weighted by Crippen LogP contribution is 2.42. The van der Waals surface area contributed by atoms with Crippen LogP contribution in [0.25, 0.3) is 10.9 Å². The summed E-state index contributed by atoms with van der Waals surface area (Å²) in [6, 6.07) is 15.7. The third kappa shape index (κ3) is 4.11. The summed E-state index contributed by atoms with van der Waals surface area (Å²) in [7, 11) is 0. The highest BCUT2D eigenvalue weighted by Gasteiger charge is 2.48. The molecule has 178 valence electrons. The van der Waals surface area contributed by atoms with Crippen LogP contribution < -0.4 is 0 Å². The van der Waals surface area contributed by atoms with Gasteiger partial charge in [-0.3, -0.25) is 9.59 Å². The van der Waals surface area contributed by atoms with E-state index in [-0.39, 0.29) is 24.4 Å². The SMILES string of the molecule is CCCCOCCCN1CC(=O)N2C(Cc3c([nH]c4ccccc34)C2c2cccc(C)c2)C1=O. The maximum Gasteiger partial charge on any atom is 0.246 e. The number of carbonyl (C=O) groups excluding carboxylic acids is 2. The minimum Gasteiger partial charge on any atom is -0.381 e. The number of nitrogens with one attached hydrogen (secondary N) is 1. The smallest absolute Gasteiger partial charge is 0.246 e. The van der Waals surface area contributed by atoms with Gasteiger partial charge in [-0.05, 0) is 37.0 Å². The predicted octanol–water partition coefficient (Wildman–Crippen LogP) is 4.37. The van der Waals surface area contributed by atoms with Crippen molar-refractivity contribution >= 4 is 22.7 Å². The van der Waals surface area contributed by atoms with Gasteiger partial charge in [0.25, 0.3) is 0 Å². The Labute approximate surface area is 200 Å². The quantitative estimate of drug-likeness (QED) is 0.509. The van der Waals surface area contributed by atoms with E-state index in [1.807, 2.05) is 23.1 Å². The summed E-state index contributed by atoms with van der Waals surface area (Å²) < 4.78 is 5.67. The van der Waals surface area contributed by atoms with Crippen molar-refractivity contribution in [2.45, 2.75) is 51.6 Å². The van der Waals surface area contributed by atoms with Crippen LogP contribution in [0.15, 0.2) is 48.5 Å². The zero-order valence-corrected chi connectivity index (χ0v) is 20.0. The number of benzene rings is 2. The molecule has 0 bridgehead atoms. The van der Waals surface area contributed by atoms with Gasteiger partial charge >= 0.3 is 0 Å². The topological polar surface area (TPSA) is 65.6 Å². The second-order valence-electron chi connectivity index (χ2n) is 9.48. The van der Waals surface area contributed by atoms with Crippen molar-refractivity contribution in [3.8, 4) is 0 Å². The van der Waals surface area contributed by atoms with E-state index in [1.165, 1.54) is 0 Å². The van der Waals surface area contributed by atoms with Crippen molar-refractivity contribution in [3.05, 3.63) is 70.9 Å². The number of H-pyrrole nitrogens is 1. The highest BCUT2D eigenvalue weighted by atomic mass is 16.5. The van der Waals surface area contributed by atoms with Gasteiger partial charge in [-0.1, -0.05) is 61.4 Å². The molecular formula is C28H33N3O3. The van der Waals surface area contributed by atoms with Crippen molar-refractivity contribution in [3.63, 3.8) is 0 Å². The van der Waals surface area contributed by atoms with Crippen molar-refractivity contribution in [1.29, 1.82) is 0 Å². The number of ether oxygens (including phenoxy) is 1. The lowest BCUT2D eigenvalue weighted by Gasteiger charge is -2.47. The number of aromatic amines is 1. The number of unbranched alkanes of at least 4 members (excludes halogenated alkanes) is 1.